The van der Waals surface area contributed by atoms with Crippen molar-refractivity contribution in [3.63, 3.8) is 0 Å². The summed E-state index contributed by atoms with van der Waals surface area (Å²) < 4.78 is 28.0. The molecule has 24 heavy (non-hydrogen) atoms. The van der Waals surface area contributed by atoms with Gasteiger partial charge in [-0.1, -0.05) is 45.4 Å². The predicted octanol–water partition coefficient (Wildman–Crippen LogP) is 3.92. The Kier molecular flexibility index (Phi) is 6.21. The molecule has 1 aromatic carbocycles. The van der Waals surface area contributed by atoms with E-state index >= 15 is 0 Å². The standard InChI is InChI=1S/C18H29ClN2O2S/c1-6-14-17(11-13(4)19)24(22,23)21(5)16-10-8-7-9-15(16)18(14)20-12(2)3/h7-10,12-14,17-18,20H,6,11H2,1-5H3. The Morgan fingerprint density at radius 1 is 1.25 bits per heavy atom. The zero-order valence-electron chi connectivity index (χ0n) is 15.2. The van der Waals surface area contributed by atoms with Gasteiger partial charge in [-0.2, -0.15) is 0 Å². The van der Waals surface area contributed by atoms with E-state index in [0.717, 1.165) is 17.7 Å². The monoisotopic (exact) mass is 372 g/mol. The molecule has 2 rings (SSSR count). The van der Waals surface area contributed by atoms with Gasteiger partial charge < -0.3 is 5.32 Å². The molecule has 1 aliphatic rings. The number of fused-ring (bicyclic) bond motifs is 1. The minimum absolute atomic E-state index is 0.00802. The molecule has 0 fully saturated rings. The molecule has 4 atom stereocenters. The fourth-order valence-electron chi connectivity index (χ4n) is 3.73. The Morgan fingerprint density at radius 3 is 2.42 bits per heavy atom. The molecule has 1 aromatic rings. The number of benzene rings is 1. The van der Waals surface area contributed by atoms with E-state index in [9.17, 15) is 8.42 Å². The summed E-state index contributed by atoms with van der Waals surface area (Å²) >= 11 is 6.22. The molecule has 1 N–H and O–H groups in total. The van der Waals surface area contributed by atoms with E-state index in [1.807, 2.05) is 31.2 Å². The largest absolute Gasteiger partial charge is 0.307 e. The first-order valence-corrected chi connectivity index (χ1v) is 10.6. The van der Waals surface area contributed by atoms with Crippen LogP contribution < -0.4 is 9.62 Å². The molecule has 0 amide bonds. The zero-order valence-corrected chi connectivity index (χ0v) is 16.7. The van der Waals surface area contributed by atoms with Crippen LogP contribution in [0.2, 0.25) is 0 Å². The lowest BCUT2D eigenvalue weighted by molar-refractivity contribution is 0.310. The van der Waals surface area contributed by atoms with Crippen molar-refractivity contribution in [2.45, 2.75) is 63.2 Å². The van der Waals surface area contributed by atoms with E-state index in [-0.39, 0.29) is 23.4 Å². The number of para-hydroxylation sites is 1. The van der Waals surface area contributed by atoms with Gasteiger partial charge >= 0.3 is 0 Å². The smallest absolute Gasteiger partial charge is 0.238 e. The van der Waals surface area contributed by atoms with Crippen LogP contribution in [-0.2, 0) is 10.0 Å². The van der Waals surface area contributed by atoms with Gasteiger partial charge in [-0.05, 0) is 30.9 Å². The number of rotatable bonds is 5. The fraction of sp³-hybridized carbons (Fsp3) is 0.667. The first kappa shape index (κ1) is 19.5. The summed E-state index contributed by atoms with van der Waals surface area (Å²) in [5.41, 5.74) is 1.81. The molecular weight excluding hydrogens is 344 g/mol. The Hall–Kier alpha value is -0.780. The summed E-state index contributed by atoms with van der Waals surface area (Å²) in [5, 5.41) is 2.92. The van der Waals surface area contributed by atoms with E-state index in [1.165, 1.54) is 4.31 Å². The molecule has 0 saturated carbocycles. The Labute approximate surface area is 151 Å². The maximum absolute atomic E-state index is 13.3. The van der Waals surface area contributed by atoms with E-state index in [0.29, 0.717) is 6.42 Å². The van der Waals surface area contributed by atoms with Crippen molar-refractivity contribution in [1.82, 2.24) is 5.32 Å². The molecule has 0 radical (unpaired) electrons. The van der Waals surface area contributed by atoms with Gasteiger partial charge in [0.25, 0.3) is 0 Å². The number of hydrogen-bond donors (Lipinski definition) is 1. The highest BCUT2D eigenvalue weighted by molar-refractivity contribution is 7.93. The van der Waals surface area contributed by atoms with Gasteiger partial charge in [0.05, 0.1) is 10.9 Å². The third-order valence-corrected chi connectivity index (χ3v) is 7.27. The highest BCUT2D eigenvalue weighted by Gasteiger charge is 2.44. The molecule has 0 spiro atoms. The molecule has 0 bridgehead atoms. The number of hydrogen-bond acceptors (Lipinski definition) is 3. The average molecular weight is 373 g/mol. The van der Waals surface area contributed by atoms with Gasteiger partial charge in [0.2, 0.25) is 10.0 Å². The summed E-state index contributed by atoms with van der Waals surface area (Å²) in [6.45, 7) is 8.12. The average Bonchev–Trinajstić information content (AvgIpc) is 2.56. The van der Waals surface area contributed by atoms with Gasteiger partial charge in [-0.3, -0.25) is 4.31 Å². The molecule has 1 aliphatic heterocycles. The molecular formula is C18H29ClN2O2S. The van der Waals surface area contributed by atoms with Crippen LogP contribution in [0.4, 0.5) is 5.69 Å². The van der Waals surface area contributed by atoms with E-state index < -0.39 is 15.3 Å². The maximum Gasteiger partial charge on any atom is 0.238 e. The lowest BCUT2D eigenvalue weighted by Crippen LogP contribution is -2.43. The fourth-order valence-corrected chi connectivity index (χ4v) is 6.20. The number of nitrogens with one attached hydrogen (secondary N) is 1. The number of halogens is 1. The highest BCUT2D eigenvalue weighted by atomic mass is 35.5. The van der Waals surface area contributed by atoms with Crippen molar-refractivity contribution in [3.05, 3.63) is 29.8 Å². The van der Waals surface area contributed by atoms with Gasteiger partial charge in [0, 0.05) is 24.5 Å². The molecule has 4 unspecified atom stereocenters. The van der Waals surface area contributed by atoms with Crippen LogP contribution in [0.3, 0.4) is 0 Å². The quantitative estimate of drug-likeness (QED) is 0.797. The zero-order chi connectivity index (χ0) is 18.1. The lowest BCUT2D eigenvalue weighted by Gasteiger charge is -2.33. The van der Waals surface area contributed by atoms with E-state index in [1.54, 1.807) is 7.05 Å². The Morgan fingerprint density at radius 2 is 1.88 bits per heavy atom. The van der Waals surface area contributed by atoms with Crippen LogP contribution >= 0.6 is 11.6 Å². The van der Waals surface area contributed by atoms with Gasteiger partial charge in [-0.15, -0.1) is 11.6 Å². The van der Waals surface area contributed by atoms with Crippen LogP contribution in [0, 0.1) is 5.92 Å². The maximum atomic E-state index is 13.3. The molecule has 4 nitrogen and oxygen atoms in total. The van der Waals surface area contributed by atoms with Crippen LogP contribution in [-0.4, -0.2) is 32.1 Å². The van der Waals surface area contributed by atoms with Crippen molar-refractivity contribution in [2.24, 2.45) is 5.92 Å². The third kappa shape index (κ3) is 3.73. The van der Waals surface area contributed by atoms with E-state index in [4.69, 9.17) is 11.6 Å². The molecule has 136 valence electrons. The summed E-state index contributed by atoms with van der Waals surface area (Å²) in [6, 6.07) is 8.05. The molecule has 1 heterocycles. The third-order valence-electron chi connectivity index (χ3n) is 4.82. The lowest BCUT2D eigenvalue weighted by atomic mass is 9.85. The van der Waals surface area contributed by atoms with Crippen molar-refractivity contribution >= 4 is 27.3 Å². The molecule has 0 aromatic heterocycles. The van der Waals surface area contributed by atoms with Crippen LogP contribution in [0.25, 0.3) is 0 Å². The summed E-state index contributed by atoms with van der Waals surface area (Å²) in [6.07, 6.45) is 1.23. The van der Waals surface area contributed by atoms with Crippen molar-refractivity contribution in [1.29, 1.82) is 0 Å². The first-order valence-electron chi connectivity index (χ1n) is 8.66. The van der Waals surface area contributed by atoms with Crippen molar-refractivity contribution in [3.8, 4) is 0 Å². The first-order chi connectivity index (χ1) is 11.2. The normalized spacial score (nSPS) is 27.6. The van der Waals surface area contributed by atoms with Crippen LogP contribution in [0.15, 0.2) is 24.3 Å². The second-order valence-corrected chi connectivity index (χ2v) is 9.93. The number of alkyl halides is 1. The highest BCUT2D eigenvalue weighted by Crippen LogP contribution is 2.43. The second kappa shape index (κ2) is 7.63. The summed E-state index contributed by atoms with van der Waals surface area (Å²) in [5.74, 6) is -0.0234. The predicted molar refractivity (Wildman–Crippen MR) is 102 cm³/mol. The Balaban J connectivity index is 2.66. The molecule has 6 heteroatoms. The summed E-state index contributed by atoms with van der Waals surface area (Å²) in [4.78, 5) is 0. The molecule has 0 saturated heterocycles. The van der Waals surface area contributed by atoms with Gasteiger partial charge in [0.1, 0.15) is 0 Å². The number of sulfonamides is 1. The second-order valence-electron chi connectivity index (χ2n) is 7.00. The van der Waals surface area contributed by atoms with E-state index in [2.05, 4.69) is 26.1 Å². The van der Waals surface area contributed by atoms with Crippen molar-refractivity contribution in [2.75, 3.05) is 11.4 Å². The molecule has 0 aliphatic carbocycles. The van der Waals surface area contributed by atoms with Gasteiger partial charge in [-0.25, -0.2) is 8.42 Å². The number of anilines is 1. The SMILES string of the molecule is CCC1C(NC(C)C)c2ccccc2N(C)S(=O)(=O)C1CC(C)Cl. The Bertz CT molecular complexity index is 661. The van der Waals surface area contributed by atoms with Gasteiger partial charge in [0.15, 0.2) is 0 Å². The minimum atomic E-state index is -3.47. The minimum Gasteiger partial charge on any atom is -0.307 e. The van der Waals surface area contributed by atoms with Crippen molar-refractivity contribution < 1.29 is 8.42 Å². The topological polar surface area (TPSA) is 49.4 Å². The summed E-state index contributed by atoms with van der Waals surface area (Å²) in [7, 11) is -1.81. The van der Waals surface area contributed by atoms with Crippen LogP contribution in [0.1, 0.15) is 52.1 Å². The number of nitrogens with zero attached hydrogens (tertiary/aromatic N) is 1. The van der Waals surface area contributed by atoms with Crippen LogP contribution in [0.5, 0.6) is 0 Å².